The second kappa shape index (κ2) is 8.40. The predicted octanol–water partition coefficient (Wildman–Crippen LogP) is 6.80. The van der Waals surface area contributed by atoms with Crippen LogP contribution in [0, 0.1) is 6.92 Å². The van der Waals surface area contributed by atoms with Gasteiger partial charge in [0.2, 0.25) is 8.32 Å². The summed E-state index contributed by atoms with van der Waals surface area (Å²) in [5.74, 6) is 0.924. The van der Waals surface area contributed by atoms with Gasteiger partial charge < -0.3 is 9.16 Å². The molecule has 0 fully saturated rings. The average molecular weight is 470 g/mol. The summed E-state index contributed by atoms with van der Waals surface area (Å²) in [5.41, 5.74) is 3.58. The topological polar surface area (TPSA) is 18.5 Å². The highest BCUT2D eigenvalue weighted by molar-refractivity contribution is 14.1. The molecule has 0 saturated heterocycles. The zero-order valence-corrected chi connectivity index (χ0v) is 19.7. The van der Waals surface area contributed by atoms with Gasteiger partial charge in [0.15, 0.2) is 0 Å². The predicted molar refractivity (Wildman–Crippen MR) is 119 cm³/mol. The van der Waals surface area contributed by atoms with Crippen LogP contribution in [0.1, 0.15) is 45.7 Å². The van der Waals surface area contributed by atoms with Gasteiger partial charge in [0.25, 0.3) is 0 Å². The van der Waals surface area contributed by atoms with Crippen LogP contribution in [-0.4, -0.2) is 19.0 Å². The zero-order chi connectivity index (χ0) is 18.8. The normalized spacial score (nSPS) is 13.7. The number of rotatable bonds is 7. The summed E-state index contributed by atoms with van der Waals surface area (Å²) in [6.07, 6.45) is 0. The Hall–Kier alpha value is -0.593. The third kappa shape index (κ3) is 4.22. The van der Waals surface area contributed by atoms with Crippen molar-refractivity contribution in [3.05, 3.63) is 41.5 Å². The molecule has 25 heavy (non-hydrogen) atoms. The molecule has 0 aliphatic carbocycles. The second-order valence-electron chi connectivity index (χ2n) is 7.58. The first-order chi connectivity index (χ1) is 11.7. The highest BCUT2D eigenvalue weighted by Crippen LogP contribution is 2.40. The molecule has 2 aromatic carbocycles. The van der Waals surface area contributed by atoms with Crippen LogP contribution in [0.25, 0.3) is 10.8 Å². The molecule has 2 nitrogen and oxygen atoms in total. The Kier molecular flexibility index (Phi) is 6.96. The summed E-state index contributed by atoms with van der Waals surface area (Å²) in [7, 11) is -0.148. The largest absolute Gasteiger partial charge is 0.496 e. The maximum atomic E-state index is 6.77. The van der Waals surface area contributed by atoms with Gasteiger partial charge in [-0.3, -0.25) is 0 Å². The molecule has 2 aromatic rings. The molecule has 0 spiro atoms. The van der Waals surface area contributed by atoms with E-state index in [-0.39, 0.29) is 0 Å². The van der Waals surface area contributed by atoms with E-state index in [1.165, 1.54) is 16.3 Å². The van der Waals surface area contributed by atoms with E-state index in [2.05, 4.69) is 94.5 Å². The van der Waals surface area contributed by atoms with Crippen molar-refractivity contribution >= 4 is 41.7 Å². The van der Waals surface area contributed by atoms with Gasteiger partial charge in [0, 0.05) is 9.11 Å². The van der Waals surface area contributed by atoms with Crippen molar-refractivity contribution in [3.8, 4) is 5.75 Å². The Bertz CT molecular complexity index is 703. The summed E-state index contributed by atoms with van der Waals surface area (Å²) < 4.78 is 13.0. The Balaban J connectivity index is 2.41. The van der Waals surface area contributed by atoms with Crippen molar-refractivity contribution < 1.29 is 9.16 Å². The van der Waals surface area contributed by atoms with Crippen LogP contribution in [-0.2, 0) is 11.0 Å². The fourth-order valence-electron chi connectivity index (χ4n) is 3.98. The van der Waals surface area contributed by atoms with Gasteiger partial charge in [-0.1, -0.05) is 81.0 Å². The van der Waals surface area contributed by atoms with Gasteiger partial charge >= 0.3 is 0 Å². The highest BCUT2D eigenvalue weighted by Gasteiger charge is 2.46. The lowest BCUT2D eigenvalue weighted by Gasteiger charge is -2.41. The first kappa shape index (κ1) is 20.7. The van der Waals surface area contributed by atoms with E-state index in [0.29, 0.717) is 21.2 Å². The highest BCUT2D eigenvalue weighted by atomic mass is 127. The van der Waals surface area contributed by atoms with E-state index in [0.717, 1.165) is 11.3 Å². The number of hydrogen-bond acceptors (Lipinski definition) is 2. The van der Waals surface area contributed by atoms with Crippen LogP contribution in [0.15, 0.2) is 30.3 Å². The molecule has 0 saturated carbocycles. The molecule has 0 aromatic heterocycles. The average Bonchev–Trinajstić information content (AvgIpc) is 2.53. The lowest BCUT2D eigenvalue weighted by Crippen LogP contribution is -2.51. The molecule has 0 amide bonds. The maximum Gasteiger partial charge on any atom is 0.210 e. The molecular formula is C21H31IO2Si. The standard InChI is InChI=1S/C21H31IO2Si/c1-14(2)25(15(3)4,17(6)22)24-13-20-11-19-10-16(5)8-9-18(19)12-21(20)23-7/h8-12,14-15,17H,13H2,1-7H3. The van der Waals surface area contributed by atoms with E-state index >= 15 is 0 Å². The lowest BCUT2D eigenvalue weighted by molar-refractivity contribution is 0.266. The first-order valence-electron chi connectivity index (χ1n) is 9.07. The van der Waals surface area contributed by atoms with Crippen LogP contribution < -0.4 is 4.74 Å². The third-order valence-electron chi connectivity index (χ3n) is 5.30. The summed E-state index contributed by atoms with van der Waals surface area (Å²) in [6, 6.07) is 10.9. The summed E-state index contributed by atoms with van der Waals surface area (Å²) >= 11 is 2.57. The fraction of sp³-hybridized carbons (Fsp3) is 0.524. The molecular weight excluding hydrogens is 439 g/mol. The monoisotopic (exact) mass is 470 g/mol. The first-order valence-corrected chi connectivity index (χ1v) is 12.5. The zero-order valence-electron chi connectivity index (χ0n) is 16.5. The number of benzene rings is 2. The number of fused-ring (bicyclic) bond motifs is 1. The molecule has 1 unspecified atom stereocenters. The summed E-state index contributed by atoms with van der Waals surface area (Å²) in [4.78, 5) is 0. The minimum Gasteiger partial charge on any atom is -0.496 e. The van der Waals surface area contributed by atoms with Gasteiger partial charge in [-0.05, 0) is 40.9 Å². The Labute approximate surface area is 167 Å². The van der Waals surface area contributed by atoms with Crippen molar-refractivity contribution in [2.75, 3.05) is 7.11 Å². The third-order valence-corrected chi connectivity index (χ3v) is 13.7. The van der Waals surface area contributed by atoms with Crippen LogP contribution >= 0.6 is 22.6 Å². The van der Waals surface area contributed by atoms with Crippen LogP contribution in [0.3, 0.4) is 0 Å². The van der Waals surface area contributed by atoms with Crippen LogP contribution in [0.2, 0.25) is 11.1 Å². The molecule has 0 bridgehead atoms. The maximum absolute atomic E-state index is 6.77. The summed E-state index contributed by atoms with van der Waals surface area (Å²) in [5, 5.41) is 2.47. The van der Waals surface area contributed by atoms with Crippen molar-refractivity contribution in [1.82, 2.24) is 0 Å². The van der Waals surface area contributed by atoms with Crippen molar-refractivity contribution in [2.45, 2.75) is 62.8 Å². The minimum atomic E-state index is -1.89. The smallest absolute Gasteiger partial charge is 0.210 e. The molecule has 0 N–H and O–H groups in total. The second-order valence-corrected chi connectivity index (χ2v) is 15.8. The minimum absolute atomic E-state index is 0.554. The Morgan fingerprint density at radius 3 is 2.12 bits per heavy atom. The van der Waals surface area contributed by atoms with E-state index in [4.69, 9.17) is 9.16 Å². The van der Waals surface area contributed by atoms with Gasteiger partial charge in [-0.25, -0.2) is 0 Å². The number of methoxy groups -OCH3 is 1. The number of aryl methyl sites for hydroxylation is 1. The SMILES string of the molecule is COc1cc2ccc(C)cc2cc1CO[Si](C(C)C)(C(C)C)C(C)I. The molecule has 0 aliphatic rings. The van der Waals surface area contributed by atoms with E-state index < -0.39 is 8.32 Å². The van der Waals surface area contributed by atoms with E-state index in [9.17, 15) is 0 Å². The fourth-order valence-corrected chi connectivity index (χ4v) is 13.3. The van der Waals surface area contributed by atoms with Crippen molar-refractivity contribution in [3.63, 3.8) is 0 Å². The molecule has 2 rings (SSSR count). The Morgan fingerprint density at radius 2 is 1.60 bits per heavy atom. The number of ether oxygens (including phenoxy) is 1. The van der Waals surface area contributed by atoms with E-state index in [1.54, 1.807) is 7.11 Å². The molecule has 0 aliphatic heterocycles. The number of hydrogen-bond donors (Lipinski definition) is 0. The van der Waals surface area contributed by atoms with Gasteiger partial charge in [0.1, 0.15) is 5.75 Å². The molecule has 4 heteroatoms. The molecule has 138 valence electrons. The molecule has 0 radical (unpaired) electrons. The Morgan fingerprint density at radius 1 is 0.960 bits per heavy atom. The van der Waals surface area contributed by atoms with Crippen molar-refractivity contribution in [2.24, 2.45) is 0 Å². The number of alkyl halides is 1. The quantitative estimate of drug-likeness (QED) is 0.252. The summed E-state index contributed by atoms with van der Waals surface area (Å²) in [6.45, 7) is 14.4. The van der Waals surface area contributed by atoms with Gasteiger partial charge in [-0.15, -0.1) is 0 Å². The molecule has 1 atom stereocenters. The van der Waals surface area contributed by atoms with Crippen LogP contribution in [0.5, 0.6) is 5.75 Å². The van der Waals surface area contributed by atoms with Crippen molar-refractivity contribution in [1.29, 1.82) is 0 Å². The van der Waals surface area contributed by atoms with Gasteiger partial charge in [0.05, 0.1) is 13.7 Å². The van der Waals surface area contributed by atoms with Gasteiger partial charge in [-0.2, -0.15) is 0 Å². The van der Waals surface area contributed by atoms with E-state index in [1.807, 2.05) is 0 Å². The number of halogens is 1. The van der Waals surface area contributed by atoms with Crippen LogP contribution in [0.4, 0.5) is 0 Å². The lowest BCUT2D eigenvalue weighted by atomic mass is 10.0. The molecule has 0 heterocycles.